The van der Waals surface area contributed by atoms with E-state index in [1.165, 1.54) is 5.38 Å². The number of phosphoric ester groups is 1. The van der Waals surface area contributed by atoms with E-state index < -0.39 is 53.2 Å². The predicted molar refractivity (Wildman–Crippen MR) is 106 cm³/mol. The van der Waals surface area contributed by atoms with Crippen molar-refractivity contribution in [2.24, 2.45) is 5.11 Å². The maximum absolute atomic E-state index is 15.4. The summed E-state index contributed by atoms with van der Waals surface area (Å²) in [5.74, 6) is 0.0776. The number of nitrogens with two attached hydrogens (primary N) is 1. The molecule has 4 unspecified atom stereocenters. The lowest BCUT2D eigenvalue weighted by molar-refractivity contribution is -0.0526. The van der Waals surface area contributed by atoms with Crippen LogP contribution in [-0.2, 0) is 31.6 Å². The van der Waals surface area contributed by atoms with E-state index in [4.69, 9.17) is 25.8 Å². The minimum Gasteiger partial charge on any atom is -0.382 e. The van der Waals surface area contributed by atoms with Crippen LogP contribution in [0.1, 0.15) is 11.7 Å². The molecule has 7 N–H and O–H groups in total. The summed E-state index contributed by atoms with van der Waals surface area (Å²) in [5, 5.41) is 15.3. The van der Waals surface area contributed by atoms with Crippen molar-refractivity contribution >= 4 is 50.8 Å². The molecule has 1 aliphatic heterocycles. The van der Waals surface area contributed by atoms with Crippen LogP contribution in [0.5, 0.6) is 0 Å². The average molecular weight is 564 g/mol. The summed E-state index contributed by atoms with van der Waals surface area (Å²) in [4.78, 5) is 46.2. The Balaban J connectivity index is 1.61. The molecule has 4 rings (SSSR count). The SMILES string of the molecule is [N-]=[N+]=NC12O[C@@H](c3csc4c(N)ncnc34)[C@H](F)[C@@]1(O)C2OP(=O)(O)OP(=O)(O)OP(=O)(O)O. The van der Waals surface area contributed by atoms with Gasteiger partial charge in [-0.1, -0.05) is 5.11 Å². The van der Waals surface area contributed by atoms with Crippen molar-refractivity contribution in [2.45, 2.75) is 29.7 Å². The molecule has 2 aliphatic rings. The van der Waals surface area contributed by atoms with Crippen LogP contribution in [0.4, 0.5) is 10.2 Å². The van der Waals surface area contributed by atoms with Crippen molar-refractivity contribution in [3.05, 3.63) is 27.7 Å². The van der Waals surface area contributed by atoms with E-state index >= 15 is 4.39 Å². The van der Waals surface area contributed by atoms with Crippen molar-refractivity contribution < 1.29 is 60.6 Å². The van der Waals surface area contributed by atoms with Crippen LogP contribution in [0.3, 0.4) is 0 Å². The monoisotopic (exact) mass is 564 g/mol. The van der Waals surface area contributed by atoms with Gasteiger partial charge in [-0.15, -0.1) is 11.3 Å². The highest BCUT2D eigenvalue weighted by Gasteiger charge is 2.90. The first-order chi connectivity index (χ1) is 15.6. The molecule has 0 bridgehead atoms. The highest BCUT2D eigenvalue weighted by atomic mass is 32.1. The number of fused-ring (bicyclic) bond motifs is 2. The van der Waals surface area contributed by atoms with E-state index in [2.05, 4.69) is 33.1 Å². The van der Waals surface area contributed by atoms with Crippen LogP contribution in [0.2, 0.25) is 0 Å². The van der Waals surface area contributed by atoms with Gasteiger partial charge in [0.15, 0.2) is 11.8 Å². The lowest BCUT2D eigenvalue weighted by Crippen LogP contribution is -2.31. The first-order valence-electron chi connectivity index (χ1n) is 8.47. The largest absolute Gasteiger partial charge is 0.490 e. The second-order valence-corrected chi connectivity index (χ2v) is 12.1. The molecule has 186 valence electrons. The van der Waals surface area contributed by atoms with E-state index in [0.717, 1.165) is 17.7 Å². The molecular formula is C11H12FN6O12P3S. The summed E-state index contributed by atoms with van der Waals surface area (Å²) in [6.45, 7) is 0. The molecule has 3 heterocycles. The van der Waals surface area contributed by atoms with E-state index in [-0.39, 0.29) is 16.9 Å². The molecule has 1 aliphatic carbocycles. The Morgan fingerprint density at radius 3 is 2.53 bits per heavy atom. The van der Waals surface area contributed by atoms with E-state index in [1.807, 2.05) is 0 Å². The van der Waals surface area contributed by atoms with Gasteiger partial charge < -0.3 is 35.2 Å². The third-order valence-corrected chi connectivity index (χ3v) is 9.62. The number of anilines is 1. The average Bonchev–Trinajstić information content (AvgIpc) is 2.96. The Kier molecular flexibility index (Phi) is 5.97. The van der Waals surface area contributed by atoms with Crippen molar-refractivity contribution in [1.82, 2.24) is 9.97 Å². The van der Waals surface area contributed by atoms with E-state index in [1.54, 1.807) is 0 Å². The summed E-state index contributed by atoms with van der Waals surface area (Å²) >= 11 is 1.02. The number of nitrogen functional groups attached to an aromatic ring is 1. The quantitative estimate of drug-likeness (QED) is 0.113. The molecule has 0 aromatic carbocycles. The number of azide groups is 1. The Labute approximate surface area is 190 Å². The van der Waals surface area contributed by atoms with Gasteiger partial charge in [-0.2, -0.15) is 8.62 Å². The van der Waals surface area contributed by atoms with Gasteiger partial charge in [-0.3, -0.25) is 4.52 Å². The van der Waals surface area contributed by atoms with Crippen LogP contribution in [-0.4, -0.2) is 58.2 Å². The molecule has 0 radical (unpaired) electrons. The zero-order valence-electron chi connectivity index (χ0n) is 15.9. The summed E-state index contributed by atoms with van der Waals surface area (Å²) in [6.07, 6.45) is -5.26. The van der Waals surface area contributed by atoms with Gasteiger partial charge in [-0.25, -0.2) is 28.1 Å². The van der Waals surface area contributed by atoms with Crippen LogP contribution >= 0.6 is 34.8 Å². The fourth-order valence-corrected chi connectivity index (χ4v) is 7.68. The van der Waals surface area contributed by atoms with Gasteiger partial charge in [0.1, 0.15) is 24.4 Å². The summed E-state index contributed by atoms with van der Waals surface area (Å²) in [6, 6.07) is 0. The Morgan fingerprint density at radius 2 is 1.91 bits per heavy atom. The number of nitrogens with zero attached hydrogens (tertiary/aromatic N) is 5. The normalized spacial score (nSPS) is 34.1. The number of hydrogen-bond donors (Lipinski definition) is 6. The van der Waals surface area contributed by atoms with Gasteiger partial charge in [0.2, 0.25) is 5.72 Å². The summed E-state index contributed by atoms with van der Waals surface area (Å²) in [5.41, 5.74) is 9.32. The molecule has 18 nitrogen and oxygen atoms in total. The fourth-order valence-electron chi connectivity index (χ4n) is 3.51. The number of ether oxygens (including phenoxy) is 1. The maximum atomic E-state index is 15.4. The standard InChI is InChI=1S/C11H12FN6O12P3S/c12-7-5(3-1-34-6-4(3)15-2-16-8(6)13)27-11(17-18-14)9(10(7,11)19)28-32(23,24)30-33(25,26)29-31(20,21)22/h1-2,5,7,9,19H,(H,23,24)(H,25,26)(H2,13,15,16)(H2,20,21,22)/t5-,7-,9?,10+,11?/m0/s1. The number of aromatic nitrogens is 2. The molecule has 0 spiro atoms. The number of hydrogen-bond acceptors (Lipinski definition) is 13. The number of thiophene rings is 1. The molecule has 2 fully saturated rings. The molecule has 1 saturated carbocycles. The molecule has 34 heavy (non-hydrogen) atoms. The minimum atomic E-state index is -5.90. The van der Waals surface area contributed by atoms with Crippen LogP contribution in [0.25, 0.3) is 20.7 Å². The zero-order valence-corrected chi connectivity index (χ0v) is 19.4. The van der Waals surface area contributed by atoms with Gasteiger partial charge in [0.05, 0.1) is 10.2 Å². The number of aliphatic hydroxyl groups is 1. The molecule has 7 atom stereocenters. The van der Waals surface area contributed by atoms with Crippen LogP contribution in [0, 0.1) is 0 Å². The Morgan fingerprint density at radius 1 is 1.24 bits per heavy atom. The fraction of sp³-hybridized carbons (Fsp3) is 0.455. The second kappa shape index (κ2) is 7.96. The molecule has 0 amide bonds. The van der Waals surface area contributed by atoms with Crippen molar-refractivity contribution in [3.63, 3.8) is 0 Å². The summed E-state index contributed by atoms with van der Waals surface area (Å²) < 4.78 is 67.1. The third kappa shape index (κ3) is 4.07. The predicted octanol–water partition coefficient (Wildman–Crippen LogP) is 1.15. The van der Waals surface area contributed by atoms with Crippen molar-refractivity contribution in [2.75, 3.05) is 5.73 Å². The maximum Gasteiger partial charge on any atom is 0.490 e. The smallest absolute Gasteiger partial charge is 0.382 e. The van der Waals surface area contributed by atoms with E-state index in [9.17, 15) is 28.6 Å². The molecular weight excluding hydrogens is 552 g/mol. The van der Waals surface area contributed by atoms with Gasteiger partial charge >= 0.3 is 23.5 Å². The van der Waals surface area contributed by atoms with Crippen LogP contribution < -0.4 is 5.73 Å². The first-order valence-corrected chi connectivity index (χ1v) is 13.9. The molecule has 2 aromatic heterocycles. The van der Waals surface area contributed by atoms with Crippen molar-refractivity contribution in [1.29, 1.82) is 0 Å². The topological polar surface area (TPSA) is 290 Å². The second-order valence-electron chi connectivity index (χ2n) is 6.86. The Hall–Kier alpha value is -1.59. The third-order valence-electron chi connectivity index (χ3n) is 4.80. The van der Waals surface area contributed by atoms with E-state index in [0.29, 0.717) is 4.70 Å². The van der Waals surface area contributed by atoms with Gasteiger partial charge in [0, 0.05) is 10.5 Å². The number of alkyl halides is 1. The van der Waals surface area contributed by atoms with Gasteiger partial charge in [0.25, 0.3) is 0 Å². The highest BCUT2D eigenvalue weighted by Crippen LogP contribution is 2.73. The van der Waals surface area contributed by atoms with Crippen molar-refractivity contribution in [3.8, 4) is 0 Å². The molecule has 23 heteroatoms. The first kappa shape index (κ1) is 25.5. The lowest BCUT2D eigenvalue weighted by atomic mass is 10.0. The van der Waals surface area contributed by atoms with Gasteiger partial charge in [-0.05, 0) is 10.9 Å². The molecule has 1 saturated heterocycles. The lowest BCUT2D eigenvalue weighted by Gasteiger charge is -2.22. The number of phosphoric acid groups is 3. The molecule has 2 aromatic rings. The zero-order chi connectivity index (χ0) is 25.3. The summed E-state index contributed by atoms with van der Waals surface area (Å²) in [7, 11) is -17.4. The minimum absolute atomic E-state index is 0.0758. The Bertz CT molecular complexity index is 1370. The number of halogens is 1. The number of rotatable bonds is 8. The van der Waals surface area contributed by atoms with Crippen LogP contribution in [0.15, 0.2) is 16.8 Å². The highest BCUT2D eigenvalue weighted by molar-refractivity contribution is 7.66.